The lowest BCUT2D eigenvalue weighted by atomic mass is 10.1. The molecule has 0 aliphatic carbocycles. The number of hydrogen-bond acceptors (Lipinski definition) is 4. The fourth-order valence-corrected chi connectivity index (χ4v) is 3.64. The van der Waals surface area contributed by atoms with Crippen LogP contribution in [-0.4, -0.2) is 29.4 Å². The Bertz CT molecular complexity index is 885. The minimum absolute atomic E-state index is 0.0917. The van der Waals surface area contributed by atoms with E-state index >= 15 is 0 Å². The average molecular weight is 381 g/mol. The molecular formula is C22H24N2O2S. The number of amides is 1. The number of ether oxygens (including phenoxy) is 1. The van der Waals surface area contributed by atoms with Crippen molar-refractivity contribution in [3.8, 4) is 16.3 Å². The first-order valence-electron chi connectivity index (χ1n) is 9.01. The van der Waals surface area contributed by atoms with Gasteiger partial charge in [0.15, 0.2) is 0 Å². The lowest BCUT2D eigenvalue weighted by Crippen LogP contribution is -2.31. The zero-order valence-corrected chi connectivity index (χ0v) is 16.8. The molecule has 27 heavy (non-hydrogen) atoms. The maximum atomic E-state index is 12.7. The molecule has 0 unspecified atom stereocenters. The van der Waals surface area contributed by atoms with Gasteiger partial charge in [-0.05, 0) is 31.5 Å². The van der Waals surface area contributed by atoms with Crippen molar-refractivity contribution in [2.24, 2.45) is 0 Å². The molecule has 1 amide bonds. The summed E-state index contributed by atoms with van der Waals surface area (Å²) in [6, 6.07) is 16.1. The molecular weight excluding hydrogens is 356 g/mol. The molecule has 1 heterocycles. The first kappa shape index (κ1) is 19.1. The highest BCUT2D eigenvalue weighted by molar-refractivity contribution is 7.13. The molecule has 140 valence electrons. The molecule has 0 aliphatic rings. The van der Waals surface area contributed by atoms with Crippen LogP contribution in [0.5, 0.6) is 5.75 Å². The van der Waals surface area contributed by atoms with Gasteiger partial charge in [0.2, 0.25) is 5.91 Å². The summed E-state index contributed by atoms with van der Waals surface area (Å²) in [5.41, 5.74) is 4.23. The van der Waals surface area contributed by atoms with E-state index in [1.807, 2.05) is 41.5 Å². The van der Waals surface area contributed by atoms with E-state index in [0.717, 1.165) is 27.6 Å². The third-order valence-electron chi connectivity index (χ3n) is 4.45. The molecule has 0 spiro atoms. The Balaban J connectivity index is 1.65. The minimum Gasteiger partial charge on any atom is -0.497 e. The first-order chi connectivity index (χ1) is 13.1. The van der Waals surface area contributed by atoms with Gasteiger partial charge >= 0.3 is 0 Å². The largest absolute Gasteiger partial charge is 0.497 e. The van der Waals surface area contributed by atoms with E-state index in [9.17, 15) is 4.79 Å². The molecule has 0 saturated carbocycles. The molecule has 5 heteroatoms. The van der Waals surface area contributed by atoms with E-state index in [-0.39, 0.29) is 5.91 Å². The van der Waals surface area contributed by atoms with Gasteiger partial charge in [0.25, 0.3) is 0 Å². The van der Waals surface area contributed by atoms with Crippen LogP contribution < -0.4 is 4.74 Å². The Hall–Kier alpha value is -2.66. The van der Waals surface area contributed by atoms with Gasteiger partial charge in [0.05, 0.1) is 19.2 Å². The van der Waals surface area contributed by atoms with E-state index in [2.05, 4.69) is 36.2 Å². The second-order valence-electron chi connectivity index (χ2n) is 6.44. The molecule has 0 N–H and O–H groups in total. The third kappa shape index (κ3) is 4.95. The van der Waals surface area contributed by atoms with Gasteiger partial charge in [-0.25, -0.2) is 4.98 Å². The Morgan fingerprint density at radius 2 is 1.81 bits per heavy atom. The fraction of sp³-hybridized carbons (Fsp3) is 0.273. The number of benzene rings is 2. The van der Waals surface area contributed by atoms with Gasteiger partial charge in [-0.1, -0.05) is 42.0 Å². The highest BCUT2D eigenvalue weighted by Gasteiger charge is 2.15. The van der Waals surface area contributed by atoms with E-state index in [4.69, 9.17) is 4.74 Å². The van der Waals surface area contributed by atoms with Crippen molar-refractivity contribution >= 4 is 17.2 Å². The Morgan fingerprint density at radius 3 is 2.44 bits per heavy atom. The monoisotopic (exact) mass is 380 g/mol. The first-order valence-corrected chi connectivity index (χ1v) is 9.89. The van der Waals surface area contributed by atoms with Crippen molar-refractivity contribution in [1.29, 1.82) is 0 Å². The molecule has 4 nitrogen and oxygen atoms in total. The summed E-state index contributed by atoms with van der Waals surface area (Å²) < 4.78 is 5.18. The van der Waals surface area contributed by atoms with Crippen LogP contribution in [-0.2, 0) is 17.8 Å². The van der Waals surface area contributed by atoms with Crippen LogP contribution in [0.15, 0.2) is 53.9 Å². The second-order valence-corrected chi connectivity index (χ2v) is 7.30. The summed E-state index contributed by atoms with van der Waals surface area (Å²) in [5.74, 6) is 0.910. The summed E-state index contributed by atoms with van der Waals surface area (Å²) >= 11 is 1.58. The molecule has 0 atom stereocenters. The smallest absolute Gasteiger partial charge is 0.228 e. The van der Waals surface area contributed by atoms with Crippen molar-refractivity contribution < 1.29 is 9.53 Å². The van der Waals surface area contributed by atoms with E-state index in [1.54, 1.807) is 18.4 Å². The number of methoxy groups -OCH3 is 1. The zero-order valence-electron chi connectivity index (χ0n) is 15.9. The quantitative estimate of drug-likeness (QED) is 0.596. The van der Waals surface area contributed by atoms with E-state index in [1.165, 1.54) is 5.56 Å². The SMILES string of the molecule is CCN(Cc1ccc(OC)cc1)C(=O)Cc1csc(-c2ccc(C)cc2)n1. The van der Waals surface area contributed by atoms with Crippen LogP contribution in [0.25, 0.3) is 10.6 Å². The van der Waals surface area contributed by atoms with Gasteiger partial charge in [-0.3, -0.25) is 4.79 Å². The maximum Gasteiger partial charge on any atom is 0.228 e. The van der Waals surface area contributed by atoms with Crippen molar-refractivity contribution in [3.63, 3.8) is 0 Å². The highest BCUT2D eigenvalue weighted by Crippen LogP contribution is 2.24. The van der Waals surface area contributed by atoms with Gasteiger partial charge in [-0.2, -0.15) is 0 Å². The van der Waals surface area contributed by atoms with Gasteiger partial charge in [0, 0.05) is 24.0 Å². The molecule has 3 rings (SSSR count). The molecule has 0 saturated heterocycles. The summed E-state index contributed by atoms with van der Waals surface area (Å²) in [6.07, 6.45) is 0.326. The number of carbonyl (C=O) groups excluding carboxylic acids is 1. The summed E-state index contributed by atoms with van der Waals surface area (Å²) in [4.78, 5) is 19.2. The number of aromatic nitrogens is 1. The summed E-state index contributed by atoms with van der Waals surface area (Å²) in [6.45, 7) is 5.33. The highest BCUT2D eigenvalue weighted by atomic mass is 32.1. The summed E-state index contributed by atoms with van der Waals surface area (Å²) in [5, 5.41) is 2.94. The van der Waals surface area contributed by atoms with E-state index in [0.29, 0.717) is 19.5 Å². The van der Waals surface area contributed by atoms with Crippen LogP contribution in [0.3, 0.4) is 0 Å². The van der Waals surface area contributed by atoms with Gasteiger partial charge < -0.3 is 9.64 Å². The lowest BCUT2D eigenvalue weighted by Gasteiger charge is -2.20. The Morgan fingerprint density at radius 1 is 1.11 bits per heavy atom. The van der Waals surface area contributed by atoms with Crippen molar-refractivity contribution in [2.75, 3.05) is 13.7 Å². The molecule has 0 bridgehead atoms. The van der Waals surface area contributed by atoms with Crippen LogP contribution in [0.2, 0.25) is 0 Å². The maximum absolute atomic E-state index is 12.7. The number of carbonyl (C=O) groups is 1. The van der Waals surface area contributed by atoms with Crippen molar-refractivity contribution in [3.05, 3.63) is 70.7 Å². The molecule has 2 aromatic carbocycles. The predicted octanol–water partition coefficient (Wildman–Crippen LogP) is 4.72. The van der Waals surface area contributed by atoms with Crippen molar-refractivity contribution in [2.45, 2.75) is 26.8 Å². The average Bonchev–Trinajstić information content (AvgIpc) is 3.15. The third-order valence-corrected chi connectivity index (χ3v) is 5.39. The molecule has 0 radical (unpaired) electrons. The lowest BCUT2D eigenvalue weighted by molar-refractivity contribution is -0.130. The Labute approximate surface area is 164 Å². The number of thiazole rings is 1. The van der Waals surface area contributed by atoms with Crippen LogP contribution in [0, 0.1) is 6.92 Å². The van der Waals surface area contributed by atoms with Crippen LogP contribution in [0.4, 0.5) is 0 Å². The number of rotatable bonds is 7. The number of aryl methyl sites for hydroxylation is 1. The fourth-order valence-electron chi connectivity index (χ4n) is 2.81. The zero-order chi connectivity index (χ0) is 19.2. The minimum atomic E-state index is 0.0917. The number of likely N-dealkylation sites (N-methyl/N-ethyl adjacent to an activating group) is 1. The normalized spacial score (nSPS) is 10.6. The van der Waals surface area contributed by atoms with E-state index < -0.39 is 0 Å². The van der Waals surface area contributed by atoms with Crippen molar-refractivity contribution in [1.82, 2.24) is 9.88 Å². The molecule has 0 fully saturated rings. The number of nitrogens with zero attached hydrogens (tertiary/aromatic N) is 2. The Kier molecular flexibility index (Phi) is 6.24. The van der Waals surface area contributed by atoms with Crippen LogP contribution in [0.1, 0.15) is 23.7 Å². The van der Waals surface area contributed by atoms with Crippen LogP contribution >= 0.6 is 11.3 Å². The molecule has 1 aromatic heterocycles. The standard InChI is InChI=1S/C22H24N2O2S/c1-4-24(14-17-7-11-20(26-3)12-8-17)21(25)13-19-15-27-22(23-19)18-9-5-16(2)6-10-18/h5-12,15H,4,13-14H2,1-3H3. The van der Waals surface area contributed by atoms with Gasteiger partial charge in [0.1, 0.15) is 10.8 Å². The number of hydrogen-bond donors (Lipinski definition) is 0. The summed E-state index contributed by atoms with van der Waals surface area (Å²) in [7, 11) is 1.65. The molecule has 3 aromatic rings. The van der Waals surface area contributed by atoms with Gasteiger partial charge in [-0.15, -0.1) is 11.3 Å². The predicted molar refractivity (Wildman–Crippen MR) is 110 cm³/mol. The second kappa shape index (κ2) is 8.82. The topological polar surface area (TPSA) is 42.4 Å². The molecule has 0 aliphatic heterocycles.